The Morgan fingerprint density at radius 3 is 2.53 bits per heavy atom. The number of carbonyl (C=O) groups excluding carboxylic acids is 1. The van der Waals surface area contributed by atoms with Crippen molar-refractivity contribution in [3.8, 4) is 10.6 Å². The first-order valence-electron chi connectivity index (χ1n) is 10.8. The lowest BCUT2D eigenvalue weighted by Gasteiger charge is -2.24. The van der Waals surface area contributed by atoms with Crippen LogP contribution in [0.4, 0.5) is 43.7 Å². The van der Waals surface area contributed by atoms with E-state index in [-0.39, 0.29) is 39.1 Å². The highest BCUT2D eigenvalue weighted by atomic mass is 32.1. The Hall–Kier alpha value is -3.89. The van der Waals surface area contributed by atoms with Gasteiger partial charge in [-0.2, -0.15) is 26.3 Å². The summed E-state index contributed by atoms with van der Waals surface area (Å²) >= 11 is 1.04. The van der Waals surface area contributed by atoms with Gasteiger partial charge in [-0.15, -0.1) is 11.3 Å². The van der Waals surface area contributed by atoms with Gasteiger partial charge in [0.05, 0.1) is 6.67 Å². The van der Waals surface area contributed by atoms with Crippen molar-refractivity contribution in [2.75, 3.05) is 22.2 Å². The van der Waals surface area contributed by atoms with Gasteiger partial charge in [0.1, 0.15) is 40.6 Å². The molecule has 2 N–H and O–H groups in total. The Morgan fingerprint density at radius 1 is 1.24 bits per heavy atom. The molecule has 0 fully saturated rings. The van der Waals surface area contributed by atoms with Crippen LogP contribution in [0.1, 0.15) is 18.2 Å². The van der Waals surface area contributed by atoms with Crippen LogP contribution in [0.2, 0.25) is 0 Å². The van der Waals surface area contributed by atoms with Crippen LogP contribution >= 0.6 is 11.3 Å². The van der Waals surface area contributed by atoms with Crippen LogP contribution < -0.4 is 26.8 Å². The second-order valence-electron chi connectivity index (χ2n) is 8.44. The fraction of sp³-hybridized carbons (Fsp3) is 0.381. The molecule has 38 heavy (non-hydrogen) atoms. The first-order chi connectivity index (χ1) is 17.6. The summed E-state index contributed by atoms with van der Waals surface area (Å²) < 4.78 is 78.7. The molecule has 0 spiro atoms. The number of carbonyl (C=O) groups is 1. The highest BCUT2D eigenvalue weighted by Gasteiger charge is 2.37. The molecule has 204 valence electrons. The lowest BCUT2D eigenvalue weighted by atomic mass is 10.1. The number of aryl methyl sites for hydroxylation is 1. The standard InChI is InChI=1S/C21H19F6N7O3S/c1-9-4-11(5-28-14(9)21(25,26)27)17-31-12(6-38-17)30-16(35)10(2)34-8-29-15-13(34)18(36)33(7-20(22,23)24)19(37)32(15)3/h4-6,10,29H,7-8H2,1-3H3,(H,30,35)/t10-/m0/s1. The van der Waals surface area contributed by atoms with Gasteiger partial charge < -0.3 is 15.5 Å². The molecule has 4 heterocycles. The van der Waals surface area contributed by atoms with E-state index < -0.39 is 47.8 Å². The minimum Gasteiger partial charge on any atom is -0.352 e. The number of nitrogens with one attached hydrogen (secondary N) is 2. The second kappa shape index (κ2) is 9.45. The van der Waals surface area contributed by atoms with Crippen molar-refractivity contribution in [2.45, 2.75) is 38.8 Å². The Balaban J connectivity index is 1.56. The molecule has 3 aromatic rings. The maximum atomic E-state index is 13.0. The van der Waals surface area contributed by atoms with Crippen molar-refractivity contribution in [2.24, 2.45) is 7.05 Å². The van der Waals surface area contributed by atoms with Gasteiger partial charge in [-0.05, 0) is 25.5 Å². The first-order valence-corrected chi connectivity index (χ1v) is 11.7. The van der Waals surface area contributed by atoms with Gasteiger partial charge >= 0.3 is 18.0 Å². The molecule has 0 bridgehead atoms. The number of anilines is 3. The molecule has 17 heteroatoms. The van der Waals surface area contributed by atoms with E-state index in [1.165, 1.54) is 37.2 Å². The molecule has 0 aromatic carbocycles. The molecule has 0 saturated carbocycles. The highest BCUT2D eigenvalue weighted by molar-refractivity contribution is 7.13. The fourth-order valence-electron chi connectivity index (χ4n) is 3.93. The zero-order valence-electron chi connectivity index (χ0n) is 19.9. The predicted molar refractivity (Wildman–Crippen MR) is 126 cm³/mol. The maximum absolute atomic E-state index is 13.0. The van der Waals surface area contributed by atoms with E-state index in [9.17, 15) is 40.7 Å². The van der Waals surface area contributed by atoms with E-state index in [2.05, 4.69) is 20.6 Å². The number of hydrogen-bond acceptors (Lipinski definition) is 8. The quantitative estimate of drug-likeness (QED) is 0.459. The molecule has 1 amide bonds. The molecule has 0 saturated heterocycles. The van der Waals surface area contributed by atoms with E-state index in [0.717, 1.165) is 22.1 Å². The molecule has 10 nitrogen and oxygen atoms in total. The number of fused-ring (bicyclic) bond motifs is 1. The number of amides is 1. The number of nitrogens with zero attached hydrogens (tertiary/aromatic N) is 5. The zero-order chi connectivity index (χ0) is 28.2. The van der Waals surface area contributed by atoms with Crippen LogP contribution in [0.5, 0.6) is 0 Å². The van der Waals surface area contributed by atoms with E-state index >= 15 is 0 Å². The second-order valence-corrected chi connectivity index (χ2v) is 9.30. The Morgan fingerprint density at radius 2 is 1.92 bits per heavy atom. The van der Waals surface area contributed by atoms with Crippen molar-refractivity contribution in [3.63, 3.8) is 0 Å². The molecule has 0 radical (unpaired) electrons. The Bertz CT molecular complexity index is 1530. The summed E-state index contributed by atoms with van der Waals surface area (Å²) in [7, 11) is 1.20. The van der Waals surface area contributed by atoms with Crippen molar-refractivity contribution in [3.05, 3.63) is 49.7 Å². The molecule has 1 atom stereocenters. The molecule has 3 aromatic heterocycles. The molecule has 4 rings (SSSR count). The van der Waals surface area contributed by atoms with E-state index in [1.807, 2.05) is 0 Å². The van der Waals surface area contributed by atoms with E-state index in [0.29, 0.717) is 5.56 Å². The van der Waals surface area contributed by atoms with Gasteiger partial charge in [-0.25, -0.2) is 14.3 Å². The van der Waals surface area contributed by atoms with Crippen molar-refractivity contribution < 1.29 is 31.1 Å². The summed E-state index contributed by atoms with van der Waals surface area (Å²) in [6.07, 6.45) is -8.41. The van der Waals surface area contributed by atoms with Crippen LogP contribution in [-0.4, -0.2) is 43.9 Å². The van der Waals surface area contributed by atoms with Gasteiger partial charge in [0.15, 0.2) is 0 Å². The van der Waals surface area contributed by atoms with Crippen LogP contribution in [0, 0.1) is 6.92 Å². The maximum Gasteiger partial charge on any atom is 0.433 e. The Kier molecular flexibility index (Phi) is 6.75. The molecule has 1 aliphatic rings. The number of hydrogen-bond donors (Lipinski definition) is 2. The SMILES string of the molecule is Cc1cc(-c2nc(NC(=O)[C@H](C)N3CNc4c3c(=O)n(CC(F)(F)F)c(=O)n4C)cs2)cnc1C(F)(F)F. The summed E-state index contributed by atoms with van der Waals surface area (Å²) in [5.41, 5.74) is -3.46. The number of alkyl halides is 6. The highest BCUT2D eigenvalue weighted by Crippen LogP contribution is 2.33. The molecule has 0 aliphatic carbocycles. The lowest BCUT2D eigenvalue weighted by Crippen LogP contribution is -2.47. The van der Waals surface area contributed by atoms with Crippen LogP contribution in [0.15, 0.2) is 27.2 Å². The third kappa shape index (κ3) is 5.09. The molecule has 1 aliphatic heterocycles. The van der Waals surface area contributed by atoms with Crippen molar-refractivity contribution in [1.29, 1.82) is 0 Å². The fourth-order valence-corrected chi connectivity index (χ4v) is 4.66. The summed E-state index contributed by atoms with van der Waals surface area (Å²) in [6.45, 7) is 0.736. The number of aromatic nitrogens is 4. The number of rotatable bonds is 5. The molecular formula is C21H19F6N7O3S. The monoisotopic (exact) mass is 563 g/mol. The smallest absolute Gasteiger partial charge is 0.352 e. The van der Waals surface area contributed by atoms with Crippen LogP contribution in [-0.2, 0) is 24.6 Å². The third-order valence-electron chi connectivity index (χ3n) is 5.76. The zero-order valence-corrected chi connectivity index (χ0v) is 20.7. The average Bonchev–Trinajstić information content (AvgIpc) is 3.46. The van der Waals surface area contributed by atoms with Gasteiger partial charge in [-0.3, -0.25) is 19.1 Å². The minimum absolute atomic E-state index is 0.0285. The first kappa shape index (κ1) is 27.2. The largest absolute Gasteiger partial charge is 0.433 e. The van der Waals surface area contributed by atoms with Gasteiger partial charge in [0, 0.05) is 24.2 Å². The summed E-state index contributed by atoms with van der Waals surface area (Å²) in [5, 5.41) is 7.01. The topological polar surface area (TPSA) is 114 Å². The van der Waals surface area contributed by atoms with Gasteiger partial charge in [-0.1, -0.05) is 0 Å². The van der Waals surface area contributed by atoms with Crippen molar-refractivity contribution in [1.82, 2.24) is 19.1 Å². The van der Waals surface area contributed by atoms with E-state index in [1.54, 1.807) is 0 Å². The normalized spacial score (nSPS) is 14.3. The number of pyridine rings is 1. The van der Waals surface area contributed by atoms with Gasteiger partial charge in [0.25, 0.3) is 5.56 Å². The third-order valence-corrected chi connectivity index (χ3v) is 6.65. The summed E-state index contributed by atoms with van der Waals surface area (Å²) in [4.78, 5) is 46.9. The lowest BCUT2D eigenvalue weighted by molar-refractivity contribution is -0.142. The van der Waals surface area contributed by atoms with Gasteiger partial charge in [0.2, 0.25) is 5.91 Å². The number of thiazole rings is 1. The van der Waals surface area contributed by atoms with Crippen molar-refractivity contribution >= 4 is 34.6 Å². The number of halogens is 6. The minimum atomic E-state index is -4.83. The van der Waals surface area contributed by atoms with E-state index in [4.69, 9.17) is 0 Å². The van der Waals surface area contributed by atoms with Crippen LogP contribution in [0.3, 0.4) is 0 Å². The molecular weight excluding hydrogens is 544 g/mol. The summed E-state index contributed by atoms with van der Waals surface area (Å²) in [6, 6.07) is 0.180. The average molecular weight is 563 g/mol. The Labute approximate surface area is 213 Å². The predicted octanol–water partition coefficient (Wildman–Crippen LogP) is 3.17. The summed E-state index contributed by atoms with van der Waals surface area (Å²) in [5.74, 6) is -0.630. The van der Waals surface area contributed by atoms with Crippen LogP contribution in [0.25, 0.3) is 10.6 Å². The molecule has 0 unspecified atom stereocenters.